The minimum absolute atomic E-state index is 0. The van der Waals surface area contributed by atoms with Gasteiger partial charge in [0.05, 0.1) is 41.6 Å². The summed E-state index contributed by atoms with van der Waals surface area (Å²) >= 11 is 12.5. The quantitative estimate of drug-likeness (QED) is 0.00766. The molecule has 0 spiro atoms. The van der Waals surface area contributed by atoms with Crippen LogP contribution in [0, 0.1) is 56.9 Å². The number of piperidine rings is 4. The van der Waals surface area contributed by atoms with E-state index >= 15 is 0 Å². The molecule has 5 saturated heterocycles. The van der Waals surface area contributed by atoms with Crippen LogP contribution in [0.25, 0.3) is 22.5 Å². The molecular weight excluding hydrogens is 1990 g/mol. The molecule has 2 aromatic heterocycles. The number of hydrogen-bond donors (Lipinski definition) is 6. The number of carboxylic acid groups (broad SMARTS) is 1. The Kier molecular flexibility index (Phi) is 48.7. The summed E-state index contributed by atoms with van der Waals surface area (Å²) in [4.78, 5) is 126. The molecule has 0 saturated carbocycles. The Hall–Kier alpha value is -8.51. The van der Waals surface area contributed by atoms with Gasteiger partial charge in [0.2, 0.25) is 0 Å². The van der Waals surface area contributed by atoms with Crippen LogP contribution in [0.15, 0.2) is 85.2 Å². The number of hydrogen-bond acceptors (Lipinski definition) is 22. The van der Waals surface area contributed by atoms with Gasteiger partial charge in [-0.05, 0) is 268 Å². The second kappa shape index (κ2) is 54.3. The number of nitrogens with zero attached hydrogens (tertiary/aromatic N) is 6. The first-order valence-corrected chi connectivity index (χ1v) is 55.9. The van der Waals surface area contributed by atoms with Crippen LogP contribution >= 0.6 is 42.9 Å². The van der Waals surface area contributed by atoms with Gasteiger partial charge in [0.15, 0.2) is 45.8 Å². The summed E-state index contributed by atoms with van der Waals surface area (Å²) in [7, 11) is -3.55. The predicted octanol–water partition coefficient (Wildman–Crippen LogP) is 23.1. The van der Waals surface area contributed by atoms with Crippen LogP contribution < -0.4 is 6.15 Å². The summed E-state index contributed by atoms with van der Waals surface area (Å²) in [5.74, 6) is -2.38. The molecule has 1 atom stereocenters. The molecule has 11 rings (SSSR count). The Labute approximate surface area is 843 Å². The molecule has 4 amide bonds. The lowest BCUT2D eigenvalue weighted by molar-refractivity contribution is -0.163. The Morgan fingerprint density at radius 3 is 1.22 bits per heavy atom. The fourth-order valence-electron chi connectivity index (χ4n) is 13.4. The number of Topliss-reactive ketones (excluding diaryl/α,β-unsaturated/α-hetero) is 2. The minimum Gasteiger partial charge on any atom is -0.479 e. The molecule has 0 bridgehead atoms. The summed E-state index contributed by atoms with van der Waals surface area (Å²) < 4.78 is 97.6. The lowest BCUT2D eigenvalue weighted by Crippen LogP contribution is -2.54. The third kappa shape index (κ3) is 41.8. The molecule has 1 unspecified atom stereocenters. The van der Waals surface area contributed by atoms with Gasteiger partial charge in [-0.2, -0.15) is 11.1 Å². The smallest absolute Gasteiger partial charge is 0.410 e. The van der Waals surface area contributed by atoms with Crippen LogP contribution in [-0.2, 0) is 63.2 Å². The van der Waals surface area contributed by atoms with Crippen molar-refractivity contribution in [2.75, 3.05) is 82.8 Å². The van der Waals surface area contributed by atoms with E-state index in [-0.39, 0.29) is 108 Å². The summed E-state index contributed by atoms with van der Waals surface area (Å²) in [5.41, 5.74) is 0.398. The Morgan fingerprint density at radius 1 is 0.525 bits per heavy atom. The van der Waals surface area contributed by atoms with Gasteiger partial charge in [0, 0.05) is 125 Å². The molecular formula is C101H154Br2ClF4N9O20Si2. The number of carboxylic acids is 1. The zero-order valence-electron chi connectivity index (χ0n) is 86.6. The number of amides is 4. The number of esters is 1. The van der Waals surface area contributed by atoms with Crippen LogP contribution in [0.2, 0.25) is 36.3 Å². The fraction of sp³-hybridized carbons (Fsp3) is 0.614. The number of aliphatic hydroxyl groups is 2. The third-order valence-electron chi connectivity index (χ3n) is 23.5. The van der Waals surface area contributed by atoms with E-state index in [4.69, 9.17) is 63.5 Å². The number of rotatable bonds is 16. The number of aldehydes is 1. The number of carbonyl (C=O) groups is 9. The number of halogens is 7. The van der Waals surface area contributed by atoms with Crippen molar-refractivity contribution in [3.63, 3.8) is 0 Å². The van der Waals surface area contributed by atoms with Crippen LogP contribution in [0.1, 0.15) is 257 Å². The average Bonchev–Trinajstić information content (AvgIpc) is 1.72. The van der Waals surface area contributed by atoms with Crippen LogP contribution in [-0.4, -0.2) is 242 Å². The first-order chi connectivity index (χ1) is 63.5. The number of aromatic amines is 2. The van der Waals surface area contributed by atoms with E-state index in [1.165, 1.54) is 67.1 Å². The Morgan fingerprint density at radius 2 is 0.878 bits per heavy atom. The summed E-state index contributed by atoms with van der Waals surface area (Å²) in [6.07, 6.45) is 9.17. The van der Waals surface area contributed by atoms with E-state index in [1.54, 1.807) is 121 Å². The number of H-pyrrole nitrogens is 2. The molecule has 780 valence electrons. The highest BCUT2D eigenvalue weighted by molar-refractivity contribution is 9.09. The lowest BCUT2D eigenvalue weighted by Gasteiger charge is -2.48. The molecule has 8 N–H and O–H groups in total. The maximum absolute atomic E-state index is 13.8. The number of ether oxygens (including phenoxy) is 7. The lowest BCUT2D eigenvalue weighted by atomic mass is 9.91. The first kappa shape index (κ1) is 125. The minimum atomic E-state index is -2.17. The van der Waals surface area contributed by atoms with E-state index in [2.05, 4.69) is 115 Å². The number of nitrogens with one attached hydrogen (secondary N) is 2. The van der Waals surface area contributed by atoms with Crippen molar-refractivity contribution in [1.29, 1.82) is 0 Å². The fourth-order valence-corrected chi connectivity index (χ4v) is 15.4. The molecule has 0 radical (unpaired) electrons. The SMILES string of the molecule is BrCCOC1CCCCO1.CC(C)(C)OC(=O)N1CCC(O)(C(=O)O)CC1.CC(C)(C)[Si](C)(C)Cl.CC=O.Cc1cc(-c2cnc(C3(O)CCN(C(=O)OC(C)(C)C)CC3)[nH]2)ccc1F.Cc1cc(-c2cnc(C3(O[Si](C)(C)C(C)(C)C)CCN(C(=O)OC(C)(C)C)CC3)[nH]2)ccc1F.Cc1cc(C(=O)CBr)ccc1F.Cc1cc(C(=O)COC(=O)C2CCN(C(=O)OC(C)(C)C)CC2)ccc1F.N. The number of aromatic nitrogens is 4. The van der Waals surface area contributed by atoms with Crippen molar-refractivity contribution in [2.45, 2.75) is 312 Å². The molecule has 4 aromatic carbocycles. The summed E-state index contributed by atoms with van der Waals surface area (Å²) in [5, 5.41) is 31.1. The van der Waals surface area contributed by atoms with Crippen LogP contribution in [0.3, 0.4) is 0 Å². The Bertz CT molecular complexity index is 4950. The zero-order chi connectivity index (χ0) is 105. The number of likely N-dealkylation sites (tertiary alicyclic amines) is 4. The topological polar surface area (TPSA) is 393 Å². The van der Waals surface area contributed by atoms with Gasteiger partial charge in [-0.1, -0.05) is 86.5 Å². The van der Waals surface area contributed by atoms with Crippen molar-refractivity contribution >= 4 is 113 Å². The number of alkyl halides is 2. The van der Waals surface area contributed by atoms with E-state index in [0.717, 1.165) is 59.6 Å². The molecule has 5 aliphatic heterocycles. The highest BCUT2D eigenvalue weighted by Crippen LogP contribution is 2.47. The number of aliphatic carboxylic acids is 1. The monoisotopic (exact) mass is 2140 g/mol. The molecule has 38 heteroatoms. The van der Waals surface area contributed by atoms with Crippen molar-refractivity contribution < 1.29 is 114 Å². The van der Waals surface area contributed by atoms with Gasteiger partial charge in [-0.25, -0.2) is 51.5 Å². The third-order valence-corrected chi connectivity index (χ3v) is 34.1. The molecule has 6 aromatic rings. The van der Waals surface area contributed by atoms with Gasteiger partial charge >= 0.3 is 36.3 Å². The van der Waals surface area contributed by atoms with Crippen LogP contribution in [0.4, 0.5) is 36.7 Å². The highest BCUT2D eigenvalue weighted by atomic mass is 79.9. The highest BCUT2D eigenvalue weighted by Gasteiger charge is 2.50. The number of imidazole rings is 2. The van der Waals surface area contributed by atoms with Crippen molar-refractivity contribution in [3.05, 3.63) is 153 Å². The van der Waals surface area contributed by atoms with Crippen molar-refractivity contribution in [3.8, 4) is 22.5 Å². The van der Waals surface area contributed by atoms with E-state index < -0.39 is 79.0 Å². The number of aryl methyl sites for hydroxylation is 4. The second-order valence-electron chi connectivity index (χ2n) is 41.9. The predicted molar refractivity (Wildman–Crippen MR) is 544 cm³/mol. The summed E-state index contributed by atoms with van der Waals surface area (Å²) in [6, 6.07) is 18.3. The molecule has 5 fully saturated rings. The number of carbonyl (C=O) groups excluding carboxylic acids is 8. The van der Waals surface area contributed by atoms with E-state index in [9.17, 15) is 66.1 Å². The zero-order valence-corrected chi connectivity index (χ0v) is 92.5. The first-order valence-electron chi connectivity index (χ1n) is 46.7. The molecule has 0 aliphatic carbocycles. The van der Waals surface area contributed by atoms with Crippen molar-refractivity contribution in [1.82, 2.24) is 45.7 Å². The van der Waals surface area contributed by atoms with Gasteiger partial charge in [0.25, 0.3) is 0 Å². The molecule has 7 heterocycles. The van der Waals surface area contributed by atoms with Gasteiger partial charge in [0.1, 0.15) is 74.8 Å². The molecule has 5 aliphatic rings. The number of benzene rings is 4. The Balaban J connectivity index is 0.000000434. The summed E-state index contributed by atoms with van der Waals surface area (Å²) in [6.45, 7) is 56.3. The van der Waals surface area contributed by atoms with Gasteiger partial charge in [-0.3, -0.25) is 14.4 Å². The standard InChI is InChI=1S/C26H40FN3O3Si.C20H26FN3O3.C20H26FNO5.C11H19NO5.C9H8BrFO.C7H13BrO2.C6H15ClSi.C2H4O.H3N/c1-18-16-19(10-11-20(18)27)21-17-28-22(29-21)26(33-34(8,9)25(5,6)7)12-14-30(15-13-26)23(31)32-24(2,3)4;1-13-11-14(5-6-15(13)21)16-12-22-17(23-16)20(26)7-9-24(10-8-20)18(25)27-19(2,3)4;1-13-11-15(5-6-16(13)21)17(23)12-26-18(24)14-7-9-22(10-8-14)19(25)27-20(2,3)4;1-10(2,3)17-9(15)12-6-4-11(16,5-7-12)8(13)14;1-6-4-7(9(12)5-10)2-3-8(6)11;8-4-6-10-7-3-1-2-5-9-7;1-6(2,3)8(4,5)7;1-2-3;/h10-11,16-17H,12-15H2,1-9H3,(H,28,29);5-6,11-12,26H,7-10H2,1-4H3,(H,22,23);5-6,11,14H,7-10,12H2,1-4H3;16H,4-7H2,1-3H3,(H,13,14);2-4H,5H2,1H3;7H,1-6H2;1-5H3;2H,1H3;1H3. The molecule has 29 nitrogen and oxygen atoms in total. The second-order valence-corrected chi connectivity index (χ2v) is 55.3. The van der Waals surface area contributed by atoms with E-state index in [0.29, 0.717) is 122 Å². The van der Waals surface area contributed by atoms with Crippen molar-refractivity contribution in [2.24, 2.45) is 5.92 Å². The average molecular weight is 2140 g/mol. The van der Waals surface area contributed by atoms with Gasteiger partial charge < -0.3 is 93.4 Å². The van der Waals surface area contributed by atoms with Gasteiger partial charge in [-0.15, -0.1) is 0 Å². The maximum atomic E-state index is 13.8. The van der Waals surface area contributed by atoms with Crippen LogP contribution in [0.5, 0.6) is 0 Å². The largest absolute Gasteiger partial charge is 0.479 e. The van der Waals surface area contributed by atoms with E-state index in [1.807, 2.05) is 47.6 Å². The maximum Gasteiger partial charge on any atom is 0.410 e. The number of ketones is 2. The normalized spacial score (nSPS) is 16.6. The molecule has 139 heavy (non-hydrogen) atoms.